The van der Waals surface area contributed by atoms with Gasteiger partial charge in [-0.25, -0.2) is 4.98 Å². The molecular weight excluding hydrogens is 722 g/mol. The minimum Gasteiger partial charge on any atom is -0.489 e. The average Bonchev–Trinajstić information content (AvgIpc) is 3.39. The number of benzene rings is 2. The number of hydrogen-bond acceptors (Lipinski definition) is 10. The number of anilines is 2. The van der Waals surface area contributed by atoms with E-state index in [0.29, 0.717) is 21.9 Å². The molecule has 2 N–H and O–H groups in total. The van der Waals surface area contributed by atoms with E-state index >= 15 is 0 Å². The highest BCUT2D eigenvalue weighted by Gasteiger charge is 2.64. The Balaban J connectivity index is 0.841. The van der Waals surface area contributed by atoms with E-state index in [9.17, 15) is 29.2 Å². The number of nitriles is 1. The Morgan fingerprint density at radius 2 is 1.65 bits per heavy atom. The van der Waals surface area contributed by atoms with Crippen molar-refractivity contribution in [1.82, 2.24) is 20.5 Å². The van der Waals surface area contributed by atoms with Gasteiger partial charge in [-0.3, -0.25) is 34.2 Å². The normalized spacial score (nSPS) is 24.7. The molecule has 4 fully saturated rings. The van der Waals surface area contributed by atoms with Crippen molar-refractivity contribution in [3.8, 4) is 11.8 Å². The number of piperidine rings is 2. The minimum atomic E-state index is -0.987. The van der Waals surface area contributed by atoms with Crippen LogP contribution in [0.15, 0.2) is 54.7 Å². The SMILES string of the molecule is CC1(C)[C@H](NC(=O)c2ccc(N3CCC4(CC3)CN(c3ccc5c(c3)C(=O)N(C3CCC(=O)NC3=O)C5=O)C4)nc2)C(C)(C)[C@H]1Oc1ccc(C#N)c(Cl)c1. The molecule has 8 rings (SSSR count). The lowest BCUT2D eigenvalue weighted by atomic mass is 9.49. The number of imide groups is 2. The molecule has 284 valence electrons. The zero-order chi connectivity index (χ0) is 39.0. The van der Waals surface area contributed by atoms with E-state index in [1.54, 1.807) is 36.5 Å². The Morgan fingerprint density at radius 1 is 0.945 bits per heavy atom. The van der Waals surface area contributed by atoms with Crippen LogP contribution in [0.2, 0.25) is 5.02 Å². The Morgan fingerprint density at radius 3 is 2.29 bits per heavy atom. The van der Waals surface area contributed by atoms with Gasteiger partial charge in [0.05, 0.1) is 27.3 Å². The maximum atomic E-state index is 13.5. The summed E-state index contributed by atoms with van der Waals surface area (Å²) in [6, 6.07) is 14.9. The van der Waals surface area contributed by atoms with E-state index in [2.05, 4.69) is 59.2 Å². The van der Waals surface area contributed by atoms with Gasteiger partial charge in [0.2, 0.25) is 11.8 Å². The largest absolute Gasteiger partial charge is 0.489 e. The van der Waals surface area contributed by atoms with E-state index in [0.717, 1.165) is 55.4 Å². The van der Waals surface area contributed by atoms with Crippen molar-refractivity contribution in [2.24, 2.45) is 16.2 Å². The van der Waals surface area contributed by atoms with Crippen LogP contribution in [0.25, 0.3) is 0 Å². The number of rotatable bonds is 7. The van der Waals surface area contributed by atoms with Crippen LogP contribution >= 0.6 is 11.6 Å². The van der Waals surface area contributed by atoms with Crippen LogP contribution in [0.4, 0.5) is 11.5 Å². The molecule has 0 bridgehead atoms. The van der Waals surface area contributed by atoms with Gasteiger partial charge in [-0.15, -0.1) is 0 Å². The Kier molecular flexibility index (Phi) is 8.68. The second kappa shape index (κ2) is 13.1. The molecule has 1 unspecified atom stereocenters. The molecular formula is C41H42ClN7O6. The highest BCUT2D eigenvalue weighted by atomic mass is 35.5. The third kappa shape index (κ3) is 6.07. The minimum absolute atomic E-state index is 0.0802. The topological polar surface area (TPSA) is 165 Å². The number of aromatic nitrogens is 1. The second-order valence-corrected chi connectivity index (χ2v) is 17.1. The highest BCUT2D eigenvalue weighted by Crippen LogP contribution is 2.55. The van der Waals surface area contributed by atoms with Gasteiger partial charge in [-0.2, -0.15) is 5.26 Å². The lowest BCUT2D eigenvalue weighted by molar-refractivity contribution is -0.164. The van der Waals surface area contributed by atoms with Gasteiger partial charge in [-0.1, -0.05) is 39.3 Å². The number of ether oxygens (including phenoxy) is 1. The third-order valence-electron chi connectivity index (χ3n) is 12.4. The number of nitrogens with one attached hydrogen (secondary N) is 2. The van der Waals surface area contributed by atoms with E-state index in [1.165, 1.54) is 0 Å². The molecule has 1 spiro atoms. The lowest BCUT2D eigenvalue weighted by Gasteiger charge is -2.63. The van der Waals surface area contributed by atoms with Crippen LogP contribution in [0.3, 0.4) is 0 Å². The molecule has 14 heteroatoms. The van der Waals surface area contributed by atoms with Crippen molar-refractivity contribution < 1.29 is 28.7 Å². The Bertz CT molecular complexity index is 2170. The molecule has 1 saturated carbocycles. The first kappa shape index (κ1) is 36.5. The molecule has 3 saturated heterocycles. The predicted octanol–water partition coefficient (Wildman–Crippen LogP) is 4.73. The molecule has 2 aromatic carbocycles. The summed E-state index contributed by atoms with van der Waals surface area (Å²) in [4.78, 5) is 74.1. The first-order chi connectivity index (χ1) is 26.1. The number of amides is 5. The van der Waals surface area contributed by atoms with Crippen molar-refractivity contribution >= 4 is 52.6 Å². The van der Waals surface area contributed by atoms with Gasteiger partial charge in [-0.05, 0) is 61.7 Å². The van der Waals surface area contributed by atoms with E-state index in [4.69, 9.17) is 16.3 Å². The van der Waals surface area contributed by atoms with Crippen LogP contribution in [-0.2, 0) is 9.59 Å². The monoisotopic (exact) mass is 763 g/mol. The first-order valence-corrected chi connectivity index (χ1v) is 19.0. The number of halogens is 1. The van der Waals surface area contributed by atoms with Gasteiger partial charge in [0.25, 0.3) is 17.7 Å². The Hall–Kier alpha value is -5.48. The standard InChI is InChI=1S/C41H42ClN7O6/c1-39(2)37(40(3,4)38(39)55-26-8-5-23(19-43)29(42)18-26)46-33(51)24-6-11-31(44-20-24)47-15-13-41(14-16-47)21-48(22-41)25-7-9-27-28(17-25)36(54)49(35(27)53)30-10-12-32(50)45-34(30)52/h5-9,11,17-18,20,30,37-38H,10,12-16,21-22H2,1-4H3,(H,46,51)(H,45,50,52)/t30?,37-,38-. The Labute approximate surface area is 323 Å². The van der Waals surface area contributed by atoms with Crippen LogP contribution in [0.1, 0.15) is 90.0 Å². The molecule has 5 amide bonds. The number of hydrogen-bond donors (Lipinski definition) is 2. The first-order valence-electron chi connectivity index (χ1n) is 18.6. The zero-order valence-corrected chi connectivity index (χ0v) is 31.9. The molecule has 1 aliphatic carbocycles. The predicted molar refractivity (Wildman–Crippen MR) is 203 cm³/mol. The fraction of sp³-hybridized carbons (Fsp3) is 0.439. The van der Waals surface area contributed by atoms with Crippen LogP contribution in [0, 0.1) is 27.6 Å². The number of fused-ring (bicyclic) bond motifs is 1. The van der Waals surface area contributed by atoms with Gasteiger partial charge in [0, 0.05) is 72.8 Å². The number of carbonyl (C=O) groups is 5. The summed E-state index contributed by atoms with van der Waals surface area (Å²) in [5.74, 6) is -0.825. The molecule has 5 heterocycles. The highest BCUT2D eigenvalue weighted by molar-refractivity contribution is 6.31. The van der Waals surface area contributed by atoms with E-state index in [1.807, 2.05) is 18.2 Å². The quantitative estimate of drug-likeness (QED) is 0.322. The maximum absolute atomic E-state index is 13.5. The smallest absolute Gasteiger partial charge is 0.262 e. The maximum Gasteiger partial charge on any atom is 0.262 e. The van der Waals surface area contributed by atoms with Gasteiger partial charge >= 0.3 is 0 Å². The van der Waals surface area contributed by atoms with Crippen molar-refractivity contribution in [2.45, 2.75) is 71.6 Å². The molecule has 3 aromatic rings. The summed E-state index contributed by atoms with van der Waals surface area (Å²) < 4.78 is 6.36. The molecule has 0 radical (unpaired) electrons. The number of nitrogens with zero attached hydrogens (tertiary/aromatic N) is 5. The molecule has 1 atom stereocenters. The summed E-state index contributed by atoms with van der Waals surface area (Å²) in [6.45, 7) is 11.6. The molecule has 5 aliphatic rings. The van der Waals surface area contributed by atoms with Crippen LogP contribution in [0.5, 0.6) is 5.75 Å². The summed E-state index contributed by atoms with van der Waals surface area (Å²) in [6.07, 6.45) is 3.55. The molecule has 55 heavy (non-hydrogen) atoms. The van der Waals surface area contributed by atoms with Crippen molar-refractivity contribution in [2.75, 3.05) is 36.0 Å². The second-order valence-electron chi connectivity index (χ2n) is 16.7. The summed E-state index contributed by atoms with van der Waals surface area (Å²) in [7, 11) is 0. The van der Waals surface area contributed by atoms with Crippen molar-refractivity contribution in [1.29, 1.82) is 5.26 Å². The van der Waals surface area contributed by atoms with Gasteiger partial charge in [0.15, 0.2) is 0 Å². The van der Waals surface area contributed by atoms with Crippen LogP contribution < -0.4 is 25.2 Å². The summed E-state index contributed by atoms with van der Waals surface area (Å²) >= 11 is 6.24. The lowest BCUT2D eigenvalue weighted by Crippen LogP contribution is -2.74. The third-order valence-corrected chi connectivity index (χ3v) is 12.7. The average molecular weight is 764 g/mol. The van der Waals surface area contributed by atoms with E-state index < -0.39 is 29.7 Å². The molecule has 4 aliphatic heterocycles. The zero-order valence-electron chi connectivity index (χ0n) is 31.1. The van der Waals surface area contributed by atoms with Gasteiger partial charge < -0.3 is 19.9 Å². The van der Waals surface area contributed by atoms with Crippen molar-refractivity contribution in [3.63, 3.8) is 0 Å². The summed E-state index contributed by atoms with van der Waals surface area (Å²) in [5.41, 5.74) is 1.65. The molecule has 13 nitrogen and oxygen atoms in total. The number of carbonyl (C=O) groups excluding carboxylic acids is 5. The van der Waals surface area contributed by atoms with Gasteiger partial charge in [0.1, 0.15) is 29.8 Å². The van der Waals surface area contributed by atoms with Crippen LogP contribution in [-0.4, -0.2) is 83.8 Å². The fourth-order valence-corrected chi connectivity index (χ4v) is 9.86. The van der Waals surface area contributed by atoms with E-state index in [-0.39, 0.29) is 58.3 Å². The summed E-state index contributed by atoms with van der Waals surface area (Å²) in [5, 5.41) is 15.0. The number of pyridine rings is 1. The fourth-order valence-electron chi connectivity index (χ4n) is 9.65. The molecule has 1 aromatic heterocycles. The van der Waals surface area contributed by atoms with Crippen molar-refractivity contribution in [3.05, 3.63) is 82.0 Å².